The minimum atomic E-state index is -1.03. The fourth-order valence-corrected chi connectivity index (χ4v) is 9.77. The molecule has 374 valence electrons. The number of likely N-dealkylation sites (tertiary alicyclic amines) is 1. The molecule has 1 fully saturated rings. The monoisotopic (exact) mass is 980 g/mol. The van der Waals surface area contributed by atoms with Crippen LogP contribution in [0.5, 0.6) is 0 Å². The lowest BCUT2D eigenvalue weighted by Gasteiger charge is -2.35. The van der Waals surface area contributed by atoms with Gasteiger partial charge in [0.05, 0.1) is 52.7 Å². The maximum absolute atomic E-state index is 14.2. The molecule has 3 aliphatic heterocycles. The summed E-state index contributed by atoms with van der Waals surface area (Å²) in [6.07, 6.45) is 0.226. The summed E-state index contributed by atoms with van der Waals surface area (Å²) < 4.78 is 6.22. The van der Waals surface area contributed by atoms with E-state index in [0.717, 1.165) is 51.0 Å². The van der Waals surface area contributed by atoms with E-state index in [4.69, 9.17) is 26.1 Å². The van der Waals surface area contributed by atoms with E-state index in [2.05, 4.69) is 20.9 Å². The molecule has 1 saturated heterocycles. The van der Waals surface area contributed by atoms with E-state index in [0.29, 0.717) is 19.3 Å². The standard InChI is InChI=1S/C49H60N8O8S.C2H4O2/c1-27-42(66-26-53-27)32-13-9-29(10-14-32)23-52-45(61)38-22-35(58)24-56(38)48(64)43(49(3,4)5)55-44(60)33-15-11-30(12-16-33)25-65-28(2)37(19-20-40(51)59)54-46(62)39-21-34-8-6-7-31-17-18-36(50)47(63)57(39)41(31)34;1-2(3)4/h6-16,26,28,35-39,43,58H,17-25,50H2,1-5H3,(H2,51,59)(H,52,61)(H,54,62)(H,55,60);1H3,(H,3,4)/t28-,35-,36+,37+,38+,39+,43-;/m1./s1. The molecule has 18 nitrogen and oxygen atoms in total. The summed E-state index contributed by atoms with van der Waals surface area (Å²) >= 11 is 1.56. The average Bonchev–Trinajstić information content (AvgIpc) is 4.03. The molecule has 6 amide bonds. The number of carbonyl (C=O) groups is 7. The van der Waals surface area contributed by atoms with Gasteiger partial charge < -0.3 is 47.3 Å². The zero-order valence-corrected chi connectivity index (χ0v) is 41.2. The highest BCUT2D eigenvalue weighted by molar-refractivity contribution is 7.13. The van der Waals surface area contributed by atoms with Crippen molar-refractivity contribution in [3.05, 3.63) is 106 Å². The lowest BCUT2D eigenvalue weighted by atomic mass is 9.85. The molecule has 0 bridgehead atoms. The van der Waals surface area contributed by atoms with E-state index >= 15 is 0 Å². The predicted molar refractivity (Wildman–Crippen MR) is 263 cm³/mol. The molecular weight excluding hydrogens is 917 g/mol. The lowest BCUT2D eigenvalue weighted by molar-refractivity contribution is -0.142. The van der Waals surface area contributed by atoms with E-state index < -0.39 is 77.4 Å². The molecule has 7 rings (SSSR count). The van der Waals surface area contributed by atoms with Gasteiger partial charge in [0.25, 0.3) is 11.9 Å². The number of aryl methyl sites for hydroxylation is 2. The lowest BCUT2D eigenvalue weighted by Crippen LogP contribution is -2.57. The number of primary amides is 1. The Hall–Kier alpha value is -6.54. The van der Waals surface area contributed by atoms with Gasteiger partial charge in [0.2, 0.25) is 29.5 Å². The van der Waals surface area contributed by atoms with Crippen LogP contribution in [0, 0.1) is 12.3 Å². The van der Waals surface area contributed by atoms with Crippen LogP contribution in [0.25, 0.3) is 10.4 Å². The Morgan fingerprint density at radius 1 is 0.943 bits per heavy atom. The van der Waals surface area contributed by atoms with Gasteiger partial charge in [-0.2, -0.15) is 0 Å². The van der Waals surface area contributed by atoms with Crippen LogP contribution in [-0.4, -0.2) is 110 Å². The Labute approximate surface area is 411 Å². The number of aromatic nitrogens is 1. The number of ether oxygens (including phenoxy) is 1. The van der Waals surface area contributed by atoms with Crippen LogP contribution in [0.15, 0.2) is 72.2 Å². The summed E-state index contributed by atoms with van der Waals surface area (Å²) in [5, 5.41) is 26.9. The number of hydrogen-bond acceptors (Lipinski definition) is 12. The number of thiazole rings is 1. The molecule has 70 heavy (non-hydrogen) atoms. The molecule has 19 heteroatoms. The number of nitrogens with one attached hydrogen (secondary N) is 3. The van der Waals surface area contributed by atoms with Crippen molar-refractivity contribution in [1.82, 2.24) is 25.8 Å². The summed E-state index contributed by atoms with van der Waals surface area (Å²) in [4.78, 5) is 98.0. The molecule has 7 atom stereocenters. The summed E-state index contributed by atoms with van der Waals surface area (Å²) in [5.74, 6) is -3.42. The van der Waals surface area contributed by atoms with E-state index in [1.807, 2.05) is 70.2 Å². The fourth-order valence-electron chi connectivity index (χ4n) is 8.95. The number of aliphatic carboxylic acids is 1. The van der Waals surface area contributed by atoms with Crippen LogP contribution in [0.3, 0.4) is 0 Å². The topological polar surface area (TPSA) is 277 Å². The highest BCUT2D eigenvalue weighted by Crippen LogP contribution is 2.39. The molecule has 3 aliphatic rings. The zero-order valence-electron chi connectivity index (χ0n) is 40.4. The highest BCUT2D eigenvalue weighted by Gasteiger charge is 2.45. The van der Waals surface area contributed by atoms with Crippen molar-refractivity contribution < 1.29 is 48.5 Å². The van der Waals surface area contributed by atoms with Crippen molar-refractivity contribution in [2.24, 2.45) is 16.9 Å². The number of hydrogen-bond donors (Lipinski definition) is 7. The first-order chi connectivity index (χ1) is 33.1. The number of nitrogens with zero attached hydrogens (tertiary/aromatic N) is 3. The second-order valence-electron chi connectivity index (χ2n) is 19.2. The van der Waals surface area contributed by atoms with Gasteiger partial charge in [-0.25, -0.2) is 4.98 Å². The molecular formula is C51H64N8O10S. The molecule has 0 unspecified atom stereocenters. The quantitative estimate of drug-likeness (QED) is 0.0850. The Bertz CT molecular complexity index is 2560. The van der Waals surface area contributed by atoms with Crippen molar-refractivity contribution in [3.63, 3.8) is 0 Å². The number of aliphatic hydroxyl groups is 1. The number of carboxylic acid groups (broad SMARTS) is 1. The number of carboxylic acids is 1. The van der Waals surface area contributed by atoms with Crippen LogP contribution >= 0.6 is 11.3 Å². The van der Waals surface area contributed by atoms with E-state index in [-0.39, 0.29) is 56.3 Å². The average molecular weight is 981 g/mol. The Morgan fingerprint density at radius 2 is 1.60 bits per heavy atom. The third-order valence-electron chi connectivity index (χ3n) is 12.8. The van der Waals surface area contributed by atoms with Gasteiger partial charge in [0.15, 0.2) is 0 Å². The number of anilines is 1. The van der Waals surface area contributed by atoms with E-state index in [1.54, 1.807) is 48.0 Å². The van der Waals surface area contributed by atoms with Crippen LogP contribution in [0.1, 0.15) is 98.6 Å². The van der Waals surface area contributed by atoms with Gasteiger partial charge >= 0.3 is 0 Å². The molecule has 3 aromatic carbocycles. The van der Waals surface area contributed by atoms with Gasteiger partial charge in [-0.05, 0) is 78.5 Å². The van der Waals surface area contributed by atoms with Gasteiger partial charge in [0.1, 0.15) is 18.1 Å². The third-order valence-corrected chi connectivity index (χ3v) is 13.7. The third kappa shape index (κ3) is 13.0. The van der Waals surface area contributed by atoms with E-state index in [9.17, 15) is 33.9 Å². The maximum Gasteiger partial charge on any atom is 0.300 e. The summed E-state index contributed by atoms with van der Waals surface area (Å²) in [5.41, 5.74) is 19.3. The van der Waals surface area contributed by atoms with Gasteiger partial charge in [-0.15, -0.1) is 11.3 Å². The zero-order chi connectivity index (χ0) is 51.0. The Balaban J connectivity index is 0.00000193. The first-order valence-corrected chi connectivity index (χ1v) is 24.3. The fraction of sp³-hybridized carbons (Fsp3) is 0.451. The molecule has 0 saturated carbocycles. The number of amides is 6. The molecule has 1 aromatic heterocycles. The number of nitrogens with two attached hydrogens (primary N) is 2. The van der Waals surface area contributed by atoms with Gasteiger partial charge in [-0.1, -0.05) is 75.4 Å². The highest BCUT2D eigenvalue weighted by atomic mass is 32.1. The van der Waals surface area contributed by atoms with Crippen LogP contribution in [-0.2, 0) is 59.5 Å². The van der Waals surface area contributed by atoms with Gasteiger partial charge in [0, 0.05) is 44.8 Å². The first-order valence-electron chi connectivity index (χ1n) is 23.4. The molecule has 4 aromatic rings. The van der Waals surface area contributed by atoms with Crippen molar-refractivity contribution in [1.29, 1.82) is 0 Å². The van der Waals surface area contributed by atoms with Crippen molar-refractivity contribution >= 4 is 58.4 Å². The van der Waals surface area contributed by atoms with Crippen LogP contribution in [0.4, 0.5) is 5.69 Å². The summed E-state index contributed by atoms with van der Waals surface area (Å²) in [7, 11) is 0. The SMILES string of the molecule is CC(=O)O.Cc1ncsc1-c1ccc(CNC(=O)[C@@H]2C[C@@H](O)CN2C(=O)[C@@H](NC(=O)c2ccc(CO[C@H](C)[C@H](CCC(N)=O)NC(=O)[C@@H]3Cc4cccc5c4N3C(=O)[C@@H](N)CC5)cc2)C(C)(C)C)cc1. The van der Waals surface area contributed by atoms with Crippen molar-refractivity contribution in [3.8, 4) is 10.4 Å². The molecule has 0 radical (unpaired) electrons. The van der Waals surface area contributed by atoms with E-state index in [1.165, 1.54) is 9.80 Å². The number of β-amino-alcohol motifs (C(OH)–C–C–N with tert-alkyl or cyclic N) is 1. The Kier molecular flexibility index (Phi) is 17.3. The van der Waals surface area contributed by atoms with Crippen molar-refractivity contribution in [2.75, 3.05) is 11.4 Å². The second-order valence-corrected chi connectivity index (χ2v) is 20.1. The number of aliphatic hydroxyl groups excluding tert-OH is 1. The number of rotatable bonds is 16. The summed E-state index contributed by atoms with van der Waals surface area (Å²) in [6.45, 7) is 10.6. The predicted octanol–water partition coefficient (Wildman–Crippen LogP) is 3.52. The van der Waals surface area contributed by atoms with Gasteiger partial charge in [-0.3, -0.25) is 38.5 Å². The number of para-hydroxylation sites is 1. The summed E-state index contributed by atoms with van der Waals surface area (Å²) in [6, 6.07) is 16.2. The second kappa shape index (κ2) is 22.9. The minimum Gasteiger partial charge on any atom is -0.481 e. The largest absolute Gasteiger partial charge is 0.481 e. The normalized spacial score (nSPS) is 19.7. The number of benzene rings is 3. The Morgan fingerprint density at radius 3 is 2.23 bits per heavy atom. The van der Waals surface area contributed by atoms with Crippen molar-refractivity contribution in [2.45, 2.75) is 136 Å². The van der Waals surface area contributed by atoms with Crippen LogP contribution < -0.4 is 32.3 Å². The van der Waals surface area contributed by atoms with Crippen LogP contribution in [0.2, 0.25) is 0 Å². The first kappa shape index (κ1) is 52.8. The minimum absolute atomic E-state index is 0.000655. The maximum atomic E-state index is 14.2. The molecule has 0 spiro atoms. The number of carbonyl (C=O) groups excluding carboxylic acids is 6. The molecule has 0 aliphatic carbocycles. The molecule has 9 N–H and O–H groups in total. The molecule has 4 heterocycles. The smallest absolute Gasteiger partial charge is 0.300 e.